The summed E-state index contributed by atoms with van der Waals surface area (Å²) >= 11 is 0. The molecule has 0 radical (unpaired) electrons. The summed E-state index contributed by atoms with van der Waals surface area (Å²) in [6, 6.07) is 0. The zero-order valence-electron chi connectivity index (χ0n) is 27.0. The molecule has 15 heteroatoms. The SMILES string of the molecule is COC(COCCO)COCC(COCC(COCC(COCC(COCC(COCCO)OC)OC)OC)OC)OC. The average Bonchev–Trinajstić information content (AvgIpc) is 3.03. The molecule has 0 aromatic carbocycles. The Morgan fingerprint density at radius 3 is 0.605 bits per heavy atom. The molecule has 43 heavy (non-hydrogen) atoms. The summed E-state index contributed by atoms with van der Waals surface area (Å²) in [5.74, 6) is 0. The van der Waals surface area contributed by atoms with Crippen molar-refractivity contribution < 1.29 is 71.8 Å². The summed E-state index contributed by atoms with van der Waals surface area (Å²) in [7, 11) is 9.54. The predicted octanol–water partition coefficient (Wildman–Crippen LogP) is -0.823. The summed E-state index contributed by atoms with van der Waals surface area (Å²) in [5, 5.41) is 17.6. The van der Waals surface area contributed by atoms with Gasteiger partial charge in [0.25, 0.3) is 0 Å². The molecule has 0 aromatic heterocycles. The van der Waals surface area contributed by atoms with Gasteiger partial charge in [0.15, 0.2) is 0 Å². The molecule has 0 saturated heterocycles. The van der Waals surface area contributed by atoms with E-state index in [2.05, 4.69) is 0 Å². The van der Waals surface area contributed by atoms with Crippen molar-refractivity contribution in [3.05, 3.63) is 0 Å². The Labute approximate surface area is 257 Å². The fourth-order valence-corrected chi connectivity index (χ4v) is 3.32. The zero-order valence-corrected chi connectivity index (χ0v) is 27.0. The number of methoxy groups -OCH3 is 6. The van der Waals surface area contributed by atoms with Gasteiger partial charge in [-0.2, -0.15) is 0 Å². The number of aliphatic hydroxyl groups is 2. The Kier molecular flexibility index (Phi) is 30.9. The standard InChI is InChI=1S/C28H58O15/c1-31-23(11-37-9-7-29)13-39-15-25(33-3)17-41-19-27(35-5)21-43-22-28(36-6)20-42-18-26(34-4)16-40-14-24(32-2)12-38-10-8-30/h23-30H,7-22H2,1-6H3. The molecule has 0 fully saturated rings. The Balaban J connectivity index is 4.17. The molecule has 0 amide bonds. The minimum atomic E-state index is -0.279. The van der Waals surface area contributed by atoms with Crippen LogP contribution < -0.4 is 0 Å². The minimum absolute atomic E-state index is 0.0382. The molecule has 0 spiro atoms. The van der Waals surface area contributed by atoms with E-state index in [0.717, 1.165) is 0 Å². The van der Waals surface area contributed by atoms with Crippen LogP contribution in [-0.4, -0.2) is 195 Å². The van der Waals surface area contributed by atoms with Gasteiger partial charge in [0, 0.05) is 42.7 Å². The Bertz CT molecular complexity index is 516. The molecular formula is C28H58O15. The normalized spacial score (nSPS) is 16.2. The lowest BCUT2D eigenvalue weighted by molar-refractivity contribution is -0.106. The smallest absolute Gasteiger partial charge is 0.104 e. The second kappa shape index (κ2) is 31.4. The van der Waals surface area contributed by atoms with Gasteiger partial charge >= 0.3 is 0 Å². The first-order valence-corrected chi connectivity index (χ1v) is 14.4. The summed E-state index contributed by atoms with van der Waals surface area (Å²) in [5.41, 5.74) is 0. The van der Waals surface area contributed by atoms with Crippen LogP contribution in [0, 0.1) is 0 Å². The summed E-state index contributed by atoms with van der Waals surface area (Å²) < 4.78 is 71.6. The fourth-order valence-electron chi connectivity index (χ4n) is 3.32. The number of hydrogen-bond donors (Lipinski definition) is 2. The number of aliphatic hydroxyl groups excluding tert-OH is 2. The third kappa shape index (κ3) is 24.3. The minimum Gasteiger partial charge on any atom is -0.394 e. The first kappa shape index (κ1) is 42.4. The lowest BCUT2D eigenvalue weighted by Crippen LogP contribution is -2.33. The van der Waals surface area contributed by atoms with Crippen molar-refractivity contribution in [3.8, 4) is 0 Å². The maximum Gasteiger partial charge on any atom is 0.104 e. The van der Waals surface area contributed by atoms with Gasteiger partial charge in [-0.3, -0.25) is 0 Å². The molecule has 0 heterocycles. The van der Waals surface area contributed by atoms with Gasteiger partial charge in [0.05, 0.1) is 106 Å². The molecule has 0 aliphatic carbocycles. The van der Waals surface area contributed by atoms with Crippen molar-refractivity contribution in [3.63, 3.8) is 0 Å². The quantitative estimate of drug-likeness (QED) is 0.0845. The van der Waals surface area contributed by atoms with E-state index in [9.17, 15) is 0 Å². The van der Waals surface area contributed by atoms with E-state index in [0.29, 0.717) is 79.3 Å². The molecule has 6 unspecified atom stereocenters. The van der Waals surface area contributed by atoms with Crippen LogP contribution in [0.4, 0.5) is 0 Å². The summed E-state index contributed by atoms with van der Waals surface area (Å²) in [4.78, 5) is 0. The summed E-state index contributed by atoms with van der Waals surface area (Å²) in [6.07, 6.45) is -1.56. The first-order chi connectivity index (χ1) is 21.0. The van der Waals surface area contributed by atoms with Crippen LogP contribution in [0.15, 0.2) is 0 Å². The third-order valence-electron chi connectivity index (χ3n) is 6.12. The molecule has 0 bridgehead atoms. The lowest BCUT2D eigenvalue weighted by atomic mass is 10.3. The maximum atomic E-state index is 8.80. The molecule has 0 saturated carbocycles. The average molecular weight is 635 g/mol. The van der Waals surface area contributed by atoms with Crippen LogP contribution in [0.1, 0.15) is 0 Å². The van der Waals surface area contributed by atoms with E-state index in [4.69, 9.17) is 71.8 Å². The first-order valence-electron chi connectivity index (χ1n) is 14.4. The van der Waals surface area contributed by atoms with Crippen LogP contribution in [0.3, 0.4) is 0 Å². The molecule has 0 aromatic rings. The van der Waals surface area contributed by atoms with Crippen molar-refractivity contribution in [2.75, 3.05) is 148 Å². The van der Waals surface area contributed by atoms with Crippen LogP contribution in [-0.2, 0) is 61.6 Å². The molecule has 0 aliphatic rings. The molecule has 15 nitrogen and oxygen atoms in total. The number of ether oxygens (including phenoxy) is 13. The molecule has 0 aliphatic heterocycles. The lowest BCUT2D eigenvalue weighted by Gasteiger charge is -2.22. The topological polar surface area (TPSA) is 160 Å². The predicted molar refractivity (Wildman–Crippen MR) is 155 cm³/mol. The third-order valence-corrected chi connectivity index (χ3v) is 6.12. The largest absolute Gasteiger partial charge is 0.394 e. The van der Waals surface area contributed by atoms with Crippen molar-refractivity contribution in [1.29, 1.82) is 0 Å². The maximum absolute atomic E-state index is 8.80. The van der Waals surface area contributed by atoms with Crippen LogP contribution in [0.25, 0.3) is 0 Å². The molecule has 260 valence electrons. The van der Waals surface area contributed by atoms with Gasteiger partial charge in [-0.25, -0.2) is 0 Å². The van der Waals surface area contributed by atoms with Gasteiger partial charge < -0.3 is 71.8 Å². The second-order valence-corrected chi connectivity index (χ2v) is 9.43. The fraction of sp³-hybridized carbons (Fsp3) is 1.00. The Hall–Kier alpha value is -0.600. The highest BCUT2D eigenvalue weighted by atomic mass is 16.6. The highest BCUT2D eigenvalue weighted by Crippen LogP contribution is 2.03. The van der Waals surface area contributed by atoms with Crippen molar-refractivity contribution in [2.45, 2.75) is 36.6 Å². The second-order valence-electron chi connectivity index (χ2n) is 9.43. The number of rotatable bonds is 34. The van der Waals surface area contributed by atoms with Crippen molar-refractivity contribution in [1.82, 2.24) is 0 Å². The van der Waals surface area contributed by atoms with Gasteiger partial charge in [-0.1, -0.05) is 0 Å². The van der Waals surface area contributed by atoms with E-state index >= 15 is 0 Å². The summed E-state index contributed by atoms with van der Waals surface area (Å²) in [6.45, 7) is 4.29. The van der Waals surface area contributed by atoms with Crippen LogP contribution in [0.2, 0.25) is 0 Å². The van der Waals surface area contributed by atoms with Crippen molar-refractivity contribution in [2.24, 2.45) is 0 Å². The zero-order chi connectivity index (χ0) is 32.0. The van der Waals surface area contributed by atoms with E-state index in [-0.39, 0.29) is 63.1 Å². The Morgan fingerprint density at radius 2 is 0.465 bits per heavy atom. The molecule has 6 atom stereocenters. The van der Waals surface area contributed by atoms with Gasteiger partial charge in [-0.15, -0.1) is 0 Å². The highest BCUT2D eigenvalue weighted by molar-refractivity contribution is 4.63. The van der Waals surface area contributed by atoms with E-state index < -0.39 is 0 Å². The van der Waals surface area contributed by atoms with Gasteiger partial charge in [-0.05, 0) is 0 Å². The van der Waals surface area contributed by atoms with Crippen molar-refractivity contribution >= 4 is 0 Å². The van der Waals surface area contributed by atoms with E-state index in [1.165, 1.54) is 0 Å². The number of hydrogen-bond acceptors (Lipinski definition) is 15. The highest BCUT2D eigenvalue weighted by Gasteiger charge is 2.17. The van der Waals surface area contributed by atoms with Gasteiger partial charge in [0.2, 0.25) is 0 Å². The molecule has 2 N–H and O–H groups in total. The monoisotopic (exact) mass is 634 g/mol. The van der Waals surface area contributed by atoms with Gasteiger partial charge in [0.1, 0.15) is 36.6 Å². The Morgan fingerprint density at radius 1 is 0.302 bits per heavy atom. The van der Waals surface area contributed by atoms with E-state index in [1.54, 1.807) is 42.7 Å². The molecule has 0 rings (SSSR count). The van der Waals surface area contributed by atoms with Crippen LogP contribution >= 0.6 is 0 Å². The van der Waals surface area contributed by atoms with E-state index in [1.807, 2.05) is 0 Å². The van der Waals surface area contributed by atoms with Crippen LogP contribution in [0.5, 0.6) is 0 Å². The molecular weight excluding hydrogens is 576 g/mol.